The number of ether oxygens (including phenoxy) is 1. The number of amides is 5. The number of aliphatic hydroxyl groups excluding tert-OH is 1. The number of anilines is 4. The summed E-state index contributed by atoms with van der Waals surface area (Å²) in [5.74, 6) is 6.68. The Hall–Kier alpha value is -8.29. The van der Waals surface area contributed by atoms with Gasteiger partial charge < -0.3 is 46.2 Å². The van der Waals surface area contributed by atoms with Gasteiger partial charge in [-0.2, -0.15) is 5.10 Å². The number of unbranched alkanes of at least 4 members (excludes halogenated alkanes) is 2. The van der Waals surface area contributed by atoms with Crippen LogP contribution in [-0.2, 0) is 26.2 Å². The van der Waals surface area contributed by atoms with Gasteiger partial charge in [0.05, 0.1) is 58.2 Å². The Kier molecular flexibility index (Phi) is 17.8. The van der Waals surface area contributed by atoms with Crippen molar-refractivity contribution in [2.45, 2.75) is 97.4 Å². The Morgan fingerprint density at radius 2 is 1.67 bits per heavy atom. The fourth-order valence-electron chi connectivity index (χ4n) is 9.25. The van der Waals surface area contributed by atoms with Crippen molar-refractivity contribution in [2.75, 3.05) is 44.4 Å². The Labute approximate surface area is 457 Å². The van der Waals surface area contributed by atoms with Gasteiger partial charge in [0.15, 0.2) is 23.1 Å². The predicted octanol–water partition coefficient (Wildman–Crippen LogP) is 6.08. The van der Waals surface area contributed by atoms with E-state index in [9.17, 15) is 29.1 Å². The summed E-state index contributed by atoms with van der Waals surface area (Å²) >= 11 is 1.57. The van der Waals surface area contributed by atoms with Gasteiger partial charge in [0.25, 0.3) is 5.91 Å². The highest BCUT2D eigenvalue weighted by Gasteiger charge is 2.45. The number of rotatable bonds is 19. The first-order chi connectivity index (χ1) is 37.4. The van der Waals surface area contributed by atoms with Crippen LogP contribution < -0.4 is 31.3 Å². The molecule has 4 aromatic heterocycles. The number of nitrogens with one attached hydrogen (secondary N) is 5. The van der Waals surface area contributed by atoms with Crippen LogP contribution in [0, 0.1) is 30.1 Å². The third-order valence-corrected chi connectivity index (χ3v) is 14.6. The maximum absolute atomic E-state index is 14.1. The summed E-state index contributed by atoms with van der Waals surface area (Å²) in [4.78, 5) is 84.4. The Balaban J connectivity index is 0.760. The molecule has 22 heteroatoms. The van der Waals surface area contributed by atoms with Crippen molar-refractivity contribution < 1.29 is 33.8 Å². The first-order valence-corrected chi connectivity index (χ1v) is 26.8. The van der Waals surface area contributed by atoms with E-state index >= 15 is 0 Å². The molecular formula is C56H66N14O7S. The summed E-state index contributed by atoms with van der Waals surface area (Å²) in [5, 5.41) is 38.4. The van der Waals surface area contributed by atoms with Crippen LogP contribution >= 0.6 is 11.3 Å². The van der Waals surface area contributed by atoms with Crippen molar-refractivity contribution in [3.63, 3.8) is 0 Å². The van der Waals surface area contributed by atoms with E-state index < -0.39 is 35.4 Å². The van der Waals surface area contributed by atoms with Gasteiger partial charge in [-0.25, -0.2) is 15.0 Å². The number of aliphatic hydroxyl groups is 1. The lowest BCUT2D eigenvalue weighted by Crippen LogP contribution is -2.57. The highest BCUT2D eigenvalue weighted by atomic mass is 32.1. The monoisotopic (exact) mass is 1080 g/mol. The van der Waals surface area contributed by atoms with Crippen molar-refractivity contribution in [2.24, 2.45) is 18.4 Å². The van der Waals surface area contributed by atoms with Crippen molar-refractivity contribution in [3.8, 4) is 39.4 Å². The molecule has 21 nitrogen and oxygen atoms in total. The lowest BCUT2D eigenvalue weighted by atomic mass is 9.85. The maximum Gasteiger partial charge on any atom is 0.273 e. The van der Waals surface area contributed by atoms with Crippen LogP contribution in [0.3, 0.4) is 0 Å². The maximum atomic E-state index is 14.1. The average molecular weight is 1080 g/mol. The number of carbonyl (C=O) groups excluding carboxylic acids is 5. The van der Waals surface area contributed by atoms with E-state index in [0.717, 1.165) is 21.7 Å². The molecule has 6 N–H and O–H groups in total. The fourth-order valence-corrected chi connectivity index (χ4v) is 10.1. The number of aryl methyl sites for hydroxylation is 2. The molecule has 8 rings (SSSR count). The normalized spacial score (nSPS) is 16.0. The number of nitrogens with zero attached hydrogens (tertiary/aromatic N) is 9. The van der Waals surface area contributed by atoms with E-state index in [-0.39, 0.29) is 54.8 Å². The number of carbonyl (C=O) groups is 5. The largest absolute Gasteiger partial charge is 0.494 e. The minimum absolute atomic E-state index is 0.0153. The number of hydrogen-bond acceptors (Lipinski definition) is 16. The van der Waals surface area contributed by atoms with Gasteiger partial charge in [0, 0.05) is 70.8 Å². The molecule has 0 bridgehead atoms. The van der Waals surface area contributed by atoms with E-state index in [4.69, 9.17) is 4.74 Å². The number of likely N-dealkylation sites (tertiary alicyclic amines) is 2. The molecule has 5 amide bonds. The summed E-state index contributed by atoms with van der Waals surface area (Å²) in [5.41, 5.74) is 6.35. The Morgan fingerprint density at radius 1 is 0.897 bits per heavy atom. The van der Waals surface area contributed by atoms with E-state index in [1.165, 1.54) is 11.9 Å². The topological polar surface area (TPSA) is 264 Å². The smallest absolute Gasteiger partial charge is 0.273 e. The SMILES string of the molecule is CNC(=O)c1nnc(Nc2ccc(C#CC3CN(C(=O)CCCCCC(=O)N[C@H](C(=O)N4C[C@H](O)C[C@H]4C(=O)N[C@@H](C)c4ccc(-c5scnc5C)cc4)C(C)(C)C)C3)cn2)cc1Nc1cccc(-c2ncn(C)n2)c1OC. The number of aromatic nitrogens is 7. The van der Waals surface area contributed by atoms with Gasteiger partial charge in [0.2, 0.25) is 23.6 Å². The van der Waals surface area contributed by atoms with Gasteiger partial charge in [0.1, 0.15) is 24.2 Å². The number of benzene rings is 2. The zero-order valence-corrected chi connectivity index (χ0v) is 45.9. The van der Waals surface area contributed by atoms with Crippen LogP contribution in [0.5, 0.6) is 5.75 Å². The van der Waals surface area contributed by atoms with Gasteiger partial charge >= 0.3 is 0 Å². The second-order valence-corrected chi connectivity index (χ2v) is 21.4. The summed E-state index contributed by atoms with van der Waals surface area (Å²) in [7, 11) is 4.82. The van der Waals surface area contributed by atoms with Crippen molar-refractivity contribution in [1.29, 1.82) is 0 Å². The van der Waals surface area contributed by atoms with Crippen molar-refractivity contribution >= 4 is 63.9 Å². The van der Waals surface area contributed by atoms with E-state index in [1.54, 1.807) is 65.8 Å². The van der Waals surface area contributed by atoms with E-state index in [1.807, 2.05) is 82.6 Å². The van der Waals surface area contributed by atoms with Crippen molar-refractivity contribution in [1.82, 2.24) is 60.7 Å². The number of hydrogen-bond donors (Lipinski definition) is 6. The number of thiazole rings is 1. The highest BCUT2D eigenvalue weighted by Crippen LogP contribution is 2.37. The van der Waals surface area contributed by atoms with Crippen LogP contribution in [0.2, 0.25) is 0 Å². The molecule has 408 valence electrons. The molecule has 0 spiro atoms. The lowest BCUT2D eigenvalue weighted by molar-refractivity contribution is -0.144. The second kappa shape index (κ2) is 24.8. The molecule has 2 fully saturated rings. The van der Waals surface area contributed by atoms with Gasteiger partial charge in [-0.1, -0.05) is 69.4 Å². The van der Waals surface area contributed by atoms with Crippen LogP contribution in [0.4, 0.5) is 23.0 Å². The van der Waals surface area contributed by atoms with Crippen LogP contribution in [0.1, 0.15) is 99.6 Å². The molecule has 4 atom stereocenters. The Bertz CT molecular complexity index is 3190. The third-order valence-electron chi connectivity index (χ3n) is 13.6. The summed E-state index contributed by atoms with van der Waals surface area (Å²) < 4.78 is 7.34. The van der Waals surface area contributed by atoms with Gasteiger partial charge in [-0.05, 0) is 67.5 Å². The predicted molar refractivity (Wildman–Crippen MR) is 296 cm³/mol. The molecular weight excluding hydrogens is 1010 g/mol. The molecule has 78 heavy (non-hydrogen) atoms. The number of β-amino-alcohol motifs (C(OH)–C–C–N with tert-alkyl or cyclic N) is 1. The molecule has 2 aliphatic heterocycles. The summed E-state index contributed by atoms with van der Waals surface area (Å²) in [6.45, 7) is 10.5. The van der Waals surface area contributed by atoms with Crippen molar-refractivity contribution in [3.05, 3.63) is 101 Å². The lowest BCUT2D eigenvalue weighted by Gasteiger charge is -2.36. The van der Waals surface area contributed by atoms with Crippen LogP contribution in [0.15, 0.2) is 78.7 Å². The highest BCUT2D eigenvalue weighted by molar-refractivity contribution is 7.13. The standard InChI is InChI=1S/C56H66N14O7S/c1-33(37-20-22-38(23-21-37)50-34(2)60-32-78-50)61-53(74)43-25-39(71)30-70(43)55(76)51(56(3,4)5)64-46(72)15-10-9-11-16-47(73)69-28-36(29-69)18-17-35-19-24-44(58-27-35)63-45-26-42(48(66-65-45)54(75)57-6)62-41-14-12-13-40(49(41)77-8)52-59-31-68(7)67-52/h12-14,19-24,26-27,31-33,36,39,43,51,71H,9-11,15-16,25,28-30H2,1-8H3,(H,57,75)(H,61,74)(H,64,72)(H2,58,62,63,65)/t33-,39+,43-,51+/m0/s1. The number of para-hydroxylation sites is 1. The van der Waals surface area contributed by atoms with E-state index in [0.29, 0.717) is 84.5 Å². The summed E-state index contributed by atoms with van der Waals surface area (Å²) in [6.07, 6.45) is 4.75. The van der Waals surface area contributed by atoms with E-state index in [2.05, 4.69) is 68.7 Å². The van der Waals surface area contributed by atoms with Gasteiger partial charge in [-0.3, -0.25) is 28.7 Å². The average Bonchev–Trinajstić information content (AvgIpc) is 4.16. The van der Waals surface area contributed by atoms with Crippen LogP contribution in [-0.4, -0.2) is 131 Å². The van der Waals surface area contributed by atoms with Gasteiger partial charge in [-0.15, -0.1) is 21.5 Å². The second-order valence-electron chi connectivity index (χ2n) is 20.6. The molecule has 6 aromatic rings. The molecule has 0 saturated carbocycles. The zero-order valence-electron chi connectivity index (χ0n) is 45.1. The molecule has 6 heterocycles. The third kappa shape index (κ3) is 13.6. The molecule has 2 saturated heterocycles. The molecule has 0 radical (unpaired) electrons. The number of methoxy groups -OCH3 is 1. The number of pyridine rings is 1. The molecule has 0 aliphatic carbocycles. The molecule has 2 aliphatic rings. The fraction of sp³-hybridized carbons (Fsp3) is 0.411. The quantitative estimate of drug-likeness (QED) is 0.0396. The summed E-state index contributed by atoms with van der Waals surface area (Å²) in [6, 6.07) is 16.4. The molecule has 0 unspecified atom stereocenters. The zero-order chi connectivity index (χ0) is 55.7. The minimum atomic E-state index is -0.930. The van der Waals surface area contributed by atoms with Crippen LogP contribution in [0.25, 0.3) is 21.8 Å². The first kappa shape index (κ1) is 55.9. The minimum Gasteiger partial charge on any atom is -0.494 e. The Morgan fingerprint density at radius 3 is 2.33 bits per heavy atom. The first-order valence-electron chi connectivity index (χ1n) is 25.9. The molecule has 2 aromatic carbocycles.